The van der Waals surface area contributed by atoms with Crippen LogP contribution in [0, 0.1) is 0 Å². The van der Waals surface area contributed by atoms with Crippen molar-refractivity contribution in [3.05, 3.63) is 45.8 Å². The lowest BCUT2D eigenvalue weighted by molar-refractivity contribution is -0.0440. The van der Waals surface area contributed by atoms with Crippen molar-refractivity contribution in [2.75, 3.05) is 25.0 Å². The molecule has 190 valence electrons. The van der Waals surface area contributed by atoms with Gasteiger partial charge in [0.25, 0.3) is 5.91 Å². The summed E-state index contributed by atoms with van der Waals surface area (Å²) < 4.78 is 38.5. The van der Waals surface area contributed by atoms with Crippen molar-refractivity contribution in [2.45, 2.75) is 70.0 Å². The SMILES string of the molecule is CCOC(=O)c1c(NC(=O)c2ccc(S(=O)(=O)N3C[C@H](C)O[C@@H](C)C3)cc2)sc2c1CCCCC2. The van der Waals surface area contributed by atoms with Crippen molar-refractivity contribution in [1.82, 2.24) is 4.31 Å². The molecular formula is C25H32N2O6S2. The van der Waals surface area contributed by atoms with Crippen LogP contribution in [0.3, 0.4) is 0 Å². The van der Waals surface area contributed by atoms with Gasteiger partial charge in [0.15, 0.2) is 0 Å². The summed E-state index contributed by atoms with van der Waals surface area (Å²) in [4.78, 5) is 27.0. The molecule has 1 fully saturated rings. The summed E-state index contributed by atoms with van der Waals surface area (Å²) in [6, 6.07) is 5.89. The third-order valence-corrected chi connectivity index (χ3v) is 9.32. The number of thiophene rings is 1. The van der Waals surface area contributed by atoms with Gasteiger partial charge in [0.1, 0.15) is 5.00 Å². The molecule has 0 bridgehead atoms. The second-order valence-corrected chi connectivity index (χ2v) is 12.1. The Kier molecular flexibility index (Phi) is 7.95. The predicted molar refractivity (Wildman–Crippen MR) is 135 cm³/mol. The number of esters is 1. The van der Waals surface area contributed by atoms with Crippen LogP contribution in [-0.2, 0) is 32.3 Å². The van der Waals surface area contributed by atoms with E-state index in [4.69, 9.17) is 9.47 Å². The third kappa shape index (κ3) is 5.61. The zero-order valence-electron chi connectivity index (χ0n) is 20.3. The van der Waals surface area contributed by atoms with Crippen LogP contribution in [0.2, 0.25) is 0 Å². The maximum absolute atomic E-state index is 13.1. The molecule has 1 aliphatic carbocycles. The van der Waals surface area contributed by atoms with Gasteiger partial charge < -0.3 is 14.8 Å². The average molecular weight is 521 g/mol. The number of aryl methyl sites for hydroxylation is 1. The lowest BCUT2D eigenvalue weighted by Gasteiger charge is -2.34. The number of nitrogens with zero attached hydrogens (tertiary/aromatic N) is 1. The van der Waals surface area contributed by atoms with Crippen LogP contribution >= 0.6 is 11.3 Å². The lowest BCUT2D eigenvalue weighted by atomic mass is 10.1. The number of anilines is 1. The number of sulfonamides is 1. The summed E-state index contributed by atoms with van der Waals surface area (Å²) in [6.45, 7) is 6.28. The van der Waals surface area contributed by atoms with E-state index in [0.717, 1.165) is 42.5 Å². The van der Waals surface area contributed by atoms with Gasteiger partial charge in [0.05, 0.1) is 29.3 Å². The molecule has 8 nitrogen and oxygen atoms in total. The van der Waals surface area contributed by atoms with E-state index in [-0.39, 0.29) is 36.8 Å². The van der Waals surface area contributed by atoms with Gasteiger partial charge in [-0.2, -0.15) is 4.31 Å². The molecule has 35 heavy (non-hydrogen) atoms. The molecule has 1 saturated heterocycles. The first-order valence-corrected chi connectivity index (χ1v) is 14.3. The molecule has 2 aromatic rings. The fourth-order valence-corrected chi connectivity index (χ4v) is 7.54. The molecule has 1 aromatic carbocycles. The number of carbonyl (C=O) groups excluding carboxylic acids is 2. The van der Waals surface area contributed by atoms with Gasteiger partial charge in [-0.15, -0.1) is 11.3 Å². The molecule has 1 amide bonds. The van der Waals surface area contributed by atoms with Crippen LogP contribution in [0.4, 0.5) is 5.00 Å². The fraction of sp³-hybridized carbons (Fsp3) is 0.520. The van der Waals surface area contributed by atoms with E-state index in [1.54, 1.807) is 6.92 Å². The Bertz CT molecular complexity index is 1180. The van der Waals surface area contributed by atoms with E-state index in [1.807, 2.05) is 13.8 Å². The summed E-state index contributed by atoms with van der Waals surface area (Å²) in [7, 11) is -3.70. The largest absolute Gasteiger partial charge is 0.462 e. The molecule has 0 saturated carbocycles. The monoisotopic (exact) mass is 520 g/mol. The van der Waals surface area contributed by atoms with E-state index in [1.165, 1.54) is 39.9 Å². The highest BCUT2D eigenvalue weighted by Gasteiger charge is 2.32. The highest BCUT2D eigenvalue weighted by Crippen LogP contribution is 2.38. The minimum Gasteiger partial charge on any atom is -0.462 e. The first kappa shape index (κ1) is 25.8. The Hall–Kier alpha value is -2.27. The molecule has 10 heteroatoms. The minimum absolute atomic E-state index is 0.130. The molecular weight excluding hydrogens is 488 g/mol. The van der Waals surface area contributed by atoms with Gasteiger partial charge in [-0.3, -0.25) is 4.79 Å². The van der Waals surface area contributed by atoms with Crippen molar-refractivity contribution < 1.29 is 27.5 Å². The molecule has 1 N–H and O–H groups in total. The van der Waals surface area contributed by atoms with E-state index in [9.17, 15) is 18.0 Å². The third-order valence-electron chi connectivity index (χ3n) is 6.27. The molecule has 1 aromatic heterocycles. The summed E-state index contributed by atoms with van der Waals surface area (Å²) in [6.07, 6.45) is 4.47. The van der Waals surface area contributed by atoms with Crippen LogP contribution in [-0.4, -0.2) is 56.5 Å². The zero-order chi connectivity index (χ0) is 25.2. The number of hydrogen-bond acceptors (Lipinski definition) is 7. The zero-order valence-corrected chi connectivity index (χ0v) is 22.0. The summed E-state index contributed by atoms with van der Waals surface area (Å²) in [5.41, 5.74) is 1.75. The predicted octanol–water partition coefficient (Wildman–Crippen LogP) is 4.24. The quantitative estimate of drug-likeness (QED) is 0.452. The van der Waals surface area contributed by atoms with E-state index < -0.39 is 21.9 Å². The molecule has 4 rings (SSSR count). The number of hydrogen-bond donors (Lipinski definition) is 1. The highest BCUT2D eigenvalue weighted by molar-refractivity contribution is 7.89. The van der Waals surface area contributed by atoms with Gasteiger partial charge in [-0.05, 0) is 76.3 Å². The van der Waals surface area contributed by atoms with Gasteiger partial charge in [0, 0.05) is 23.5 Å². The van der Waals surface area contributed by atoms with Crippen molar-refractivity contribution in [1.29, 1.82) is 0 Å². The second-order valence-electron chi connectivity index (χ2n) is 9.05. The molecule has 2 atom stereocenters. The number of amides is 1. The lowest BCUT2D eigenvalue weighted by Crippen LogP contribution is -2.48. The van der Waals surface area contributed by atoms with E-state index >= 15 is 0 Å². The van der Waals surface area contributed by atoms with Gasteiger partial charge in [-0.1, -0.05) is 6.42 Å². The van der Waals surface area contributed by atoms with Crippen LogP contribution in [0.5, 0.6) is 0 Å². The molecule has 2 aliphatic rings. The molecule has 0 unspecified atom stereocenters. The van der Waals surface area contributed by atoms with E-state index in [2.05, 4.69) is 5.32 Å². The van der Waals surface area contributed by atoms with Crippen molar-refractivity contribution in [3.63, 3.8) is 0 Å². The molecule has 0 spiro atoms. The van der Waals surface area contributed by atoms with Crippen LogP contribution < -0.4 is 5.32 Å². The van der Waals surface area contributed by atoms with Crippen molar-refractivity contribution >= 4 is 38.2 Å². The van der Waals surface area contributed by atoms with Crippen molar-refractivity contribution in [2.24, 2.45) is 0 Å². The second kappa shape index (κ2) is 10.8. The number of benzene rings is 1. The van der Waals surface area contributed by atoms with E-state index in [0.29, 0.717) is 16.1 Å². The summed E-state index contributed by atoms with van der Waals surface area (Å²) in [5, 5.41) is 3.37. The Morgan fingerprint density at radius 3 is 2.40 bits per heavy atom. The summed E-state index contributed by atoms with van der Waals surface area (Å²) >= 11 is 1.43. The number of carbonyl (C=O) groups is 2. The Morgan fingerprint density at radius 2 is 1.74 bits per heavy atom. The Balaban J connectivity index is 1.55. The molecule has 2 heterocycles. The first-order chi connectivity index (χ1) is 16.7. The average Bonchev–Trinajstić information content (AvgIpc) is 2.98. The number of morpholine rings is 1. The van der Waals surface area contributed by atoms with Crippen LogP contribution in [0.15, 0.2) is 29.2 Å². The first-order valence-electron chi connectivity index (χ1n) is 12.1. The topological polar surface area (TPSA) is 102 Å². The van der Waals surface area contributed by atoms with Gasteiger partial charge >= 0.3 is 5.97 Å². The summed E-state index contributed by atoms with van der Waals surface area (Å²) in [5.74, 6) is -0.817. The standard InChI is InChI=1S/C25H32N2O6S2/c1-4-32-25(29)22-20-8-6-5-7-9-21(20)34-24(22)26-23(28)18-10-12-19(13-11-18)35(30,31)27-14-16(2)33-17(3)15-27/h10-13,16-17H,4-9,14-15H2,1-3H3,(H,26,28)/t16-,17-/m0/s1. The fourth-order valence-electron chi connectivity index (χ4n) is 4.68. The normalized spacial score (nSPS) is 21.1. The van der Waals surface area contributed by atoms with Crippen LogP contribution in [0.25, 0.3) is 0 Å². The number of fused-ring (bicyclic) bond motifs is 1. The minimum atomic E-state index is -3.70. The Labute approximate surface area is 210 Å². The van der Waals surface area contributed by atoms with Crippen molar-refractivity contribution in [3.8, 4) is 0 Å². The number of nitrogens with one attached hydrogen (secondary N) is 1. The van der Waals surface area contributed by atoms with Gasteiger partial charge in [0.2, 0.25) is 10.0 Å². The number of ether oxygens (including phenoxy) is 2. The van der Waals surface area contributed by atoms with Crippen LogP contribution in [0.1, 0.15) is 71.2 Å². The Morgan fingerprint density at radius 1 is 1.09 bits per heavy atom. The smallest absolute Gasteiger partial charge is 0.341 e. The molecule has 1 aliphatic heterocycles. The highest BCUT2D eigenvalue weighted by atomic mass is 32.2. The maximum atomic E-state index is 13.1. The maximum Gasteiger partial charge on any atom is 0.341 e. The number of rotatable bonds is 6. The van der Waals surface area contributed by atoms with Gasteiger partial charge in [-0.25, -0.2) is 13.2 Å². The molecule has 0 radical (unpaired) electrons.